The van der Waals surface area contributed by atoms with E-state index in [4.69, 9.17) is 5.73 Å². The van der Waals surface area contributed by atoms with Crippen LogP contribution in [0.5, 0.6) is 0 Å². The van der Waals surface area contributed by atoms with Crippen molar-refractivity contribution < 1.29 is 9.59 Å². The molecule has 1 saturated heterocycles. The first kappa shape index (κ1) is 14.4. The first-order valence-electron chi connectivity index (χ1n) is 6.95. The van der Waals surface area contributed by atoms with Gasteiger partial charge in [-0.15, -0.1) is 0 Å². The highest BCUT2D eigenvalue weighted by Crippen LogP contribution is 2.14. The van der Waals surface area contributed by atoms with E-state index in [1.807, 2.05) is 13.0 Å². The summed E-state index contributed by atoms with van der Waals surface area (Å²) in [5, 5.41) is 2.73. The van der Waals surface area contributed by atoms with E-state index in [1.54, 1.807) is 24.0 Å². The van der Waals surface area contributed by atoms with E-state index in [0.717, 1.165) is 31.5 Å². The minimum Gasteiger partial charge on any atom is -0.398 e. The Kier molecular flexibility index (Phi) is 4.27. The molecule has 20 heavy (non-hydrogen) atoms. The van der Waals surface area contributed by atoms with Gasteiger partial charge in [0, 0.05) is 18.8 Å². The average Bonchev–Trinajstić information content (AvgIpc) is 2.94. The SMILES string of the molecule is Cc1ccc(N)c(C(=O)NC(C)C(=O)N2CCCC2)c1. The zero-order valence-electron chi connectivity index (χ0n) is 12.0. The molecule has 1 aromatic carbocycles. The third-order valence-electron chi connectivity index (χ3n) is 3.59. The summed E-state index contributed by atoms with van der Waals surface area (Å²) in [6.45, 7) is 5.18. The molecular weight excluding hydrogens is 254 g/mol. The van der Waals surface area contributed by atoms with Crippen LogP contribution in [0.1, 0.15) is 35.7 Å². The van der Waals surface area contributed by atoms with Crippen LogP contribution in [-0.2, 0) is 4.79 Å². The Labute approximate surface area is 119 Å². The Hall–Kier alpha value is -2.04. The molecular formula is C15H21N3O2. The van der Waals surface area contributed by atoms with Crippen molar-refractivity contribution in [2.45, 2.75) is 32.7 Å². The van der Waals surface area contributed by atoms with Gasteiger partial charge in [0.05, 0.1) is 5.56 Å². The number of hydrogen-bond acceptors (Lipinski definition) is 3. The van der Waals surface area contributed by atoms with Gasteiger partial charge in [-0.25, -0.2) is 0 Å². The molecule has 1 heterocycles. The molecule has 0 spiro atoms. The van der Waals surface area contributed by atoms with Gasteiger partial charge in [0.1, 0.15) is 6.04 Å². The summed E-state index contributed by atoms with van der Waals surface area (Å²) >= 11 is 0. The molecule has 0 aliphatic carbocycles. The van der Waals surface area contributed by atoms with Gasteiger partial charge in [0.2, 0.25) is 5.91 Å². The number of rotatable bonds is 3. The van der Waals surface area contributed by atoms with E-state index in [9.17, 15) is 9.59 Å². The quantitative estimate of drug-likeness (QED) is 0.817. The zero-order valence-corrected chi connectivity index (χ0v) is 12.0. The largest absolute Gasteiger partial charge is 0.398 e. The average molecular weight is 275 g/mol. The van der Waals surface area contributed by atoms with E-state index < -0.39 is 6.04 Å². The van der Waals surface area contributed by atoms with Crippen LogP contribution in [0.4, 0.5) is 5.69 Å². The summed E-state index contributed by atoms with van der Waals surface area (Å²) < 4.78 is 0. The van der Waals surface area contributed by atoms with Crippen LogP contribution in [0.3, 0.4) is 0 Å². The summed E-state index contributed by atoms with van der Waals surface area (Å²) in [5.41, 5.74) is 7.62. The number of nitrogens with zero attached hydrogens (tertiary/aromatic N) is 1. The number of amides is 2. The van der Waals surface area contributed by atoms with Gasteiger partial charge in [-0.1, -0.05) is 11.6 Å². The minimum absolute atomic E-state index is 0.0259. The van der Waals surface area contributed by atoms with E-state index >= 15 is 0 Å². The fourth-order valence-corrected chi connectivity index (χ4v) is 2.41. The number of anilines is 1. The number of nitrogen functional groups attached to an aromatic ring is 1. The Morgan fingerprint density at radius 1 is 1.30 bits per heavy atom. The number of benzene rings is 1. The van der Waals surface area contributed by atoms with Crippen molar-refractivity contribution in [2.75, 3.05) is 18.8 Å². The Morgan fingerprint density at radius 3 is 2.60 bits per heavy atom. The van der Waals surface area contributed by atoms with Gasteiger partial charge in [0.25, 0.3) is 5.91 Å². The number of nitrogens with two attached hydrogens (primary N) is 1. The van der Waals surface area contributed by atoms with E-state index in [2.05, 4.69) is 5.32 Å². The molecule has 1 atom stereocenters. The molecule has 1 aliphatic rings. The van der Waals surface area contributed by atoms with Crippen LogP contribution in [0.15, 0.2) is 18.2 Å². The normalized spacial score (nSPS) is 16.0. The van der Waals surface area contributed by atoms with Crippen LogP contribution in [0.25, 0.3) is 0 Å². The summed E-state index contributed by atoms with van der Waals surface area (Å²) in [4.78, 5) is 26.1. The third-order valence-corrected chi connectivity index (χ3v) is 3.59. The van der Waals surface area contributed by atoms with E-state index in [-0.39, 0.29) is 11.8 Å². The molecule has 1 fully saturated rings. The van der Waals surface area contributed by atoms with Gasteiger partial charge in [-0.3, -0.25) is 9.59 Å². The third kappa shape index (κ3) is 3.10. The summed E-state index contributed by atoms with van der Waals surface area (Å²) in [7, 11) is 0. The van der Waals surface area contributed by atoms with Crippen molar-refractivity contribution in [3.8, 4) is 0 Å². The van der Waals surface area contributed by atoms with Crippen LogP contribution >= 0.6 is 0 Å². The fraction of sp³-hybridized carbons (Fsp3) is 0.467. The van der Waals surface area contributed by atoms with Crippen LogP contribution in [0.2, 0.25) is 0 Å². The number of likely N-dealkylation sites (tertiary alicyclic amines) is 1. The second-order valence-corrected chi connectivity index (χ2v) is 5.32. The topological polar surface area (TPSA) is 75.4 Å². The van der Waals surface area contributed by atoms with Gasteiger partial charge in [-0.2, -0.15) is 0 Å². The predicted octanol–water partition coefficient (Wildman–Crippen LogP) is 1.32. The Bertz CT molecular complexity index is 522. The lowest BCUT2D eigenvalue weighted by molar-refractivity contribution is -0.131. The first-order chi connectivity index (χ1) is 9.49. The Balaban J connectivity index is 2.03. The molecule has 5 nitrogen and oxygen atoms in total. The van der Waals surface area contributed by atoms with E-state index in [1.165, 1.54) is 0 Å². The molecule has 2 rings (SSSR count). The summed E-state index contributed by atoms with van der Waals surface area (Å²) in [5.74, 6) is -0.326. The maximum absolute atomic E-state index is 12.2. The fourth-order valence-electron chi connectivity index (χ4n) is 2.41. The molecule has 0 saturated carbocycles. The second-order valence-electron chi connectivity index (χ2n) is 5.32. The van der Waals surface area contributed by atoms with Gasteiger partial charge in [0.15, 0.2) is 0 Å². The monoisotopic (exact) mass is 275 g/mol. The zero-order chi connectivity index (χ0) is 14.7. The van der Waals surface area contributed by atoms with Crippen molar-refractivity contribution in [3.63, 3.8) is 0 Å². The van der Waals surface area contributed by atoms with Crippen molar-refractivity contribution in [3.05, 3.63) is 29.3 Å². The summed E-state index contributed by atoms with van der Waals surface area (Å²) in [6.07, 6.45) is 2.08. The van der Waals surface area contributed by atoms with Gasteiger partial charge in [-0.05, 0) is 38.8 Å². The van der Waals surface area contributed by atoms with Crippen molar-refractivity contribution in [1.29, 1.82) is 0 Å². The number of aryl methyl sites for hydroxylation is 1. The first-order valence-corrected chi connectivity index (χ1v) is 6.95. The maximum Gasteiger partial charge on any atom is 0.254 e. The Morgan fingerprint density at radius 2 is 1.95 bits per heavy atom. The van der Waals surface area contributed by atoms with Crippen molar-refractivity contribution in [1.82, 2.24) is 10.2 Å². The lowest BCUT2D eigenvalue weighted by Gasteiger charge is -2.21. The number of hydrogen-bond donors (Lipinski definition) is 2. The second kappa shape index (κ2) is 5.94. The highest BCUT2D eigenvalue weighted by atomic mass is 16.2. The van der Waals surface area contributed by atoms with Gasteiger partial charge >= 0.3 is 0 Å². The molecule has 0 bridgehead atoms. The van der Waals surface area contributed by atoms with Crippen LogP contribution < -0.4 is 11.1 Å². The van der Waals surface area contributed by atoms with Crippen LogP contribution in [-0.4, -0.2) is 35.8 Å². The predicted molar refractivity (Wildman–Crippen MR) is 78.3 cm³/mol. The maximum atomic E-state index is 12.2. The molecule has 0 radical (unpaired) electrons. The summed E-state index contributed by atoms with van der Waals surface area (Å²) in [6, 6.07) is 4.76. The van der Waals surface area contributed by atoms with E-state index in [0.29, 0.717) is 11.3 Å². The molecule has 2 amide bonds. The molecule has 1 aromatic rings. The smallest absolute Gasteiger partial charge is 0.254 e. The minimum atomic E-state index is -0.527. The highest BCUT2D eigenvalue weighted by molar-refractivity contribution is 6.01. The van der Waals surface area contributed by atoms with Crippen LogP contribution in [0, 0.1) is 6.92 Å². The molecule has 1 unspecified atom stereocenters. The number of carbonyl (C=O) groups is 2. The molecule has 108 valence electrons. The molecule has 0 aromatic heterocycles. The van der Waals surface area contributed by atoms with Crippen molar-refractivity contribution in [2.24, 2.45) is 0 Å². The lowest BCUT2D eigenvalue weighted by atomic mass is 10.1. The molecule has 1 aliphatic heterocycles. The molecule has 5 heteroatoms. The standard InChI is InChI=1S/C15H21N3O2/c1-10-5-6-13(16)12(9-10)14(19)17-11(2)15(20)18-7-3-4-8-18/h5-6,9,11H,3-4,7-8,16H2,1-2H3,(H,17,19). The number of nitrogens with one attached hydrogen (secondary N) is 1. The highest BCUT2D eigenvalue weighted by Gasteiger charge is 2.25. The lowest BCUT2D eigenvalue weighted by Crippen LogP contribution is -2.46. The van der Waals surface area contributed by atoms with Gasteiger partial charge < -0.3 is 16.0 Å². The molecule has 3 N–H and O–H groups in total. The van der Waals surface area contributed by atoms with Crippen molar-refractivity contribution >= 4 is 17.5 Å². The number of carbonyl (C=O) groups excluding carboxylic acids is 2.